The summed E-state index contributed by atoms with van der Waals surface area (Å²) in [6, 6.07) is 8.08. The molecule has 18 heavy (non-hydrogen) atoms. The molecule has 0 aliphatic carbocycles. The number of ether oxygens (including phenoxy) is 1. The van der Waals surface area contributed by atoms with E-state index in [-0.39, 0.29) is 0 Å². The maximum absolute atomic E-state index is 10.3. The first kappa shape index (κ1) is 13.1. The van der Waals surface area contributed by atoms with E-state index in [1.165, 1.54) is 4.88 Å². The third-order valence-corrected chi connectivity index (χ3v) is 4.02. The van der Waals surface area contributed by atoms with Crippen molar-refractivity contribution >= 4 is 11.3 Å². The molecule has 0 saturated carbocycles. The lowest BCUT2D eigenvalue weighted by atomic mass is 9.98. The van der Waals surface area contributed by atoms with Crippen molar-refractivity contribution in [1.29, 1.82) is 0 Å². The quantitative estimate of drug-likeness (QED) is 0.911. The predicted octanol–water partition coefficient (Wildman–Crippen LogP) is 3.65. The van der Waals surface area contributed by atoms with E-state index in [4.69, 9.17) is 4.74 Å². The molecule has 1 N–H and O–H groups in total. The van der Waals surface area contributed by atoms with Crippen LogP contribution in [0.4, 0.5) is 0 Å². The van der Waals surface area contributed by atoms with Gasteiger partial charge in [0.25, 0.3) is 0 Å². The molecule has 1 atom stereocenters. The smallest absolute Gasteiger partial charge is 0.122 e. The number of aliphatic hydroxyl groups is 1. The van der Waals surface area contributed by atoms with Crippen LogP contribution >= 0.6 is 11.3 Å². The number of aliphatic hydroxyl groups excluding tert-OH is 1. The number of thiophene rings is 1. The Morgan fingerprint density at radius 2 is 2.06 bits per heavy atom. The number of hydrogen-bond donors (Lipinski definition) is 1. The van der Waals surface area contributed by atoms with E-state index >= 15 is 0 Å². The Kier molecular flexibility index (Phi) is 4.04. The van der Waals surface area contributed by atoms with Crippen LogP contribution in [0.25, 0.3) is 0 Å². The van der Waals surface area contributed by atoms with Gasteiger partial charge >= 0.3 is 0 Å². The minimum Gasteiger partial charge on any atom is -0.496 e. The van der Waals surface area contributed by atoms with Crippen LogP contribution in [0, 0.1) is 13.8 Å². The SMILES string of the molecule is COc1cc(C)c(C(O)Cc2cccs2)cc1C. The molecule has 0 saturated heterocycles. The Labute approximate surface area is 112 Å². The topological polar surface area (TPSA) is 29.5 Å². The Hall–Kier alpha value is -1.32. The predicted molar refractivity (Wildman–Crippen MR) is 75.5 cm³/mol. The fourth-order valence-electron chi connectivity index (χ4n) is 2.12. The molecule has 0 spiro atoms. The van der Waals surface area contributed by atoms with Crippen LogP contribution < -0.4 is 4.74 Å². The van der Waals surface area contributed by atoms with E-state index in [2.05, 4.69) is 6.07 Å². The van der Waals surface area contributed by atoms with Gasteiger partial charge in [0.05, 0.1) is 13.2 Å². The van der Waals surface area contributed by atoms with Crippen LogP contribution in [0.1, 0.15) is 27.7 Å². The maximum atomic E-state index is 10.3. The highest BCUT2D eigenvalue weighted by atomic mass is 32.1. The molecule has 1 aromatic heterocycles. The molecule has 0 aliphatic heterocycles. The van der Waals surface area contributed by atoms with Gasteiger partial charge in [0.1, 0.15) is 5.75 Å². The summed E-state index contributed by atoms with van der Waals surface area (Å²) in [6.45, 7) is 4.01. The summed E-state index contributed by atoms with van der Waals surface area (Å²) in [6.07, 6.45) is 0.220. The van der Waals surface area contributed by atoms with Gasteiger partial charge in [-0.2, -0.15) is 0 Å². The summed E-state index contributed by atoms with van der Waals surface area (Å²) in [5.74, 6) is 0.875. The van der Waals surface area contributed by atoms with Crippen LogP contribution in [0.5, 0.6) is 5.75 Å². The summed E-state index contributed by atoms with van der Waals surface area (Å²) in [4.78, 5) is 1.20. The second-order valence-corrected chi connectivity index (χ2v) is 5.51. The van der Waals surface area contributed by atoms with Gasteiger partial charge in [0.15, 0.2) is 0 Å². The lowest BCUT2D eigenvalue weighted by molar-refractivity contribution is 0.178. The normalized spacial score (nSPS) is 12.4. The second-order valence-electron chi connectivity index (χ2n) is 4.48. The van der Waals surface area contributed by atoms with Gasteiger partial charge in [-0.05, 0) is 54.1 Å². The number of benzene rings is 1. The van der Waals surface area contributed by atoms with Crippen molar-refractivity contribution in [3.63, 3.8) is 0 Å². The number of rotatable bonds is 4. The van der Waals surface area contributed by atoms with Crippen molar-refractivity contribution in [2.24, 2.45) is 0 Å². The van der Waals surface area contributed by atoms with Crippen LogP contribution in [0.3, 0.4) is 0 Å². The van der Waals surface area contributed by atoms with Crippen LogP contribution in [-0.4, -0.2) is 12.2 Å². The maximum Gasteiger partial charge on any atom is 0.122 e. The molecule has 1 unspecified atom stereocenters. The second kappa shape index (κ2) is 5.55. The molecule has 1 aromatic carbocycles. The molecule has 2 nitrogen and oxygen atoms in total. The largest absolute Gasteiger partial charge is 0.496 e. The van der Waals surface area contributed by atoms with Gasteiger partial charge in [-0.25, -0.2) is 0 Å². The molecule has 96 valence electrons. The molecule has 2 rings (SSSR count). The fraction of sp³-hybridized carbons (Fsp3) is 0.333. The van der Waals surface area contributed by atoms with Gasteiger partial charge in [-0.1, -0.05) is 6.07 Å². The van der Waals surface area contributed by atoms with Crippen molar-refractivity contribution < 1.29 is 9.84 Å². The molecule has 3 heteroatoms. The third-order valence-electron chi connectivity index (χ3n) is 3.12. The summed E-state index contributed by atoms with van der Waals surface area (Å²) >= 11 is 1.68. The van der Waals surface area contributed by atoms with Crippen molar-refractivity contribution in [2.45, 2.75) is 26.4 Å². The summed E-state index contributed by atoms with van der Waals surface area (Å²) in [5, 5.41) is 12.4. The lowest BCUT2D eigenvalue weighted by Crippen LogP contribution is -2.04. The van der Waals surface area contributed by atoms with Crippen molar-refractivity contribution in [2.75, 3.05) is 7.11 Å². The Morgan fingerprint density at radius 1 is 1.28 bits per heavy atom. The Bertz CT molecular complexity index is 518. The van der Waals surface area contributed by atoms with Crippen molar-refractivity contribution in [3.8, 4) is 5.75 Å². The molecular weight excluding hydrogens is 244 g/mol. The number of hydrogen-bond acceptors (Lipinski definition) is 3. The number of aryl methyl sites for hydroxylation is 2. The highest BCUT2D eigenvalue weighted by Crippen LogP contribution is 2.29. The molecule has 0 aliphatic rings. The molecule has 0 bridgehead atoms. The van der Waals surface area contributed by atoms with Gasteiger partial charge in [-0.3, -0.25) is 0 Å². The van der Waals surface area contributed by atoms with Crippen LogP contribution in [0.2, 0.25) is 0 Å². The first-order valence-electron chi connectivity index (χ1n) is 5.97. The monoisotopic (exact) mass is 262 g/mol. The highest BCUT2D eigenvalue weighted by molar-refractivity contribution is 7.09. The van der Waals surface area contributed by atoms with Gasteiger partial charge in [-0.15, -0.1) is 11.3 Å². The van der Waals surface area contributed by atoms with E-state index in [0.717, 1.165) is 22.4 Å². The van der Waals surface area contributed by atoms with Crippen molar-refractivity contribution in [3.05, 3.63) is 51.2 Å². The van der Waals surface area contributed by atoms with E-state index in [9.17, 15) is 5.11 Å². The summed E-state index contributed by atoms with van der Waals surface area (Å²) < 4.78 is 5.29. The minimum atomic E-state index is -0.451. The molecule has 0 amide bonds. The first-order chi connectivity index (χ1) is 8.61. The first-order valence-corrected chi connectivity index (χ1v) is 6.85. The van der Waals surface area contributed by atoms with E-state index in [0.29, 0.717) is 6.42 Å². The highest BCUT2D eigenvalue weighted by Gasteiger charge is 2.14. The van der Waals surface area contributed by atoms with Crippen molar-refractivity contribution in [1.82, 2.24) is 0 Å². The van der Waals surface area contributed by atoms with Gasteiger partial charge in [0.2, 0.25) is 0 Å². The summed E-state index contributed by atoms with van der Waals surface area (Å²) in [7, 11) is 1.67. The molecular formula is C15H18O2S. The Balaban J connectivity index is 2.25. The van der Waals surface area contributed by atoms with Gasteiger partial charge < -0.3 is 9.84 Å². The average molecular weight is 262 g/mol. The summed E-state index contributed by atoms with van der Waals surface area (Å²) in [5.41, 5.74) is 3.12. The third kappa shape index (κ3) is 2.74. The fourth-order valence-corrected chi connectivity index (χ4v) is 2.86. The Morgan fingerprint density at radius 3 is 2.67 bits per heavy atom. The van der Waals surface area contributed by atoms with Crippen LogP contribution in [0.15, 0.2) is 29.6 Å². The molecule has 0 fully saturated rings. The zero-order valence-corrected chi connectivity index (χ0v) is 11.8. The van der Waals surface area contributed by atoms with Gasteiger partial charge in [0, 0.05) is 11.3 Å². The van der Waals surface area contributed by atoms with Crippen LogP contribution in [-0.2, 0) is 6.42 Å². The average Bonchev–Trinajstić information content (AvgIpc) is 2.84. The zero-order valence-electron chi connectivity index (χ0n) is 10.9. The van der Waals surface area contributed by atoms with E-state index < -0.39 is 6.10 Å². The zero-order chi connectivity index (χ0) is 13.1. The lowest BCUT2D eigenvalue weighted by Gasteiger charge is -2.16. The molecule has 0 radical (unpaired) electrons. The van der Waals surface area contributed by atoms with E-state index in [1.807, 2.05) is 37.4 Å². The molecule has 1 heterocycles. The number of methoxy groups -OCH3 is 1. The standard InChI is InChI=1S/C15H18O2S/c1-10-8-15(17-3)11(2)7-13(10)14(16)9-12-5-4-6-18-12/h4-8,14,16H,9H2,1-3H3. The van der Waals surface area contributed by atoms with E-state index in [1.54, 1.807) is 18.4 Å². The minimum absolute atomic E-state index is 0.451. The molecule has 2 aromatic rings.